The number of phenols is 1. The zero-order chi connectivity index (χ0) is 39.2. The third-order valence-corrected chi connectivity index (χ3v) is 9.80. The number of amides is 5. The maximum absolute atomic E-state index is 13.3. The molecule has 2 heterocycles. The van der Waals surface area contributed by atoms with Crippen LogP contribution in [-0.2, 0) is 30.4 Å². The van der Waals surface area contributed by atoms with Crippen LogP contribution in [0.25, 0.3) is 0 Å². The maximum atomic E-state index is 13.3. The van der Waals surface area contributed by atoms with Crippen LogP contribution in [0.5, 0.6) is 5.75 Å². The van der Waals surface area contributed by atoms with E-state index in [9.17, 15) is 29.1 Å². The minimum atomic E-state index is -0.874. The van der Waals surface area contributed by atoms with Gasteiger partial charge in [-0.05, 0) is 43.9 Å². The number of nitrogens with one attached hydrogen (secondary N) is 10. The van der Waals surface area contributed by atoms with Crippen LogP contribution in [-0.4, -0.2) is 136 Å². The molecule has 0 aromatic heterocycles. The Balaban J connectivity index is 1.50. The van der Waals surface area contributed by atoms with Crippen LogP contribution in [0.4, 0.5) is 0 Å². The number of carbonyl (C=O) groups excluding carboxylic acids is 5. The van der Waals surface area contributed by atoms with E-state index in [-0.39, 0.29) is 72.8 Å². The van der Waals surface area contributed by atoms with Crippen molar-refractivity contribution in [3.8, 4) is 5.75 Å². The Morgan fingerprint density at radius 3 is 1.91 bits per heavy atom. The van der Waals surface area contributed by atoms with Crippen molar-refractivity contribution in [2.24, 2.45) is 5.73 Å². The van der Waals surface area contributed by atoms with Crippen LogP contribution in [0.3, 0.4) is 0 Å². The van der Waals surface area contributed by atoms with E-state index in [2.05, 4.69) is 72.7 Å². The molecule has 13 N–H and O–H groups in total. The molecule has 2 aliphatic rings. The van der Waals surface area contributed by atoms with Crippen LogP contribution >= 0.6 is 12.6 Å². The summed E-state index contributed by atoms with van der Waals surface area (Å²) < 4.78 is 0. The monoisotopic (exact) mass is 777 g/mol. The van der Waals surface area contributed by atoms with Crippen molar-refractivity contribution in [1.82, 2.24) is 53.2 Å². The zero-order valence-electron chi connectivity index (χ0n) is 31.6. The first-order chi connectivity index (χ1) is 25.9. The number of hydrogen-bond acceptors (Lipinski definition) is 13. The standard InChI is InChI=1S/C36H63N11O6S/c1-35-22-38-14-16-40-24-36(44-19-18-43-35,25-41-17-15-39-23-35)47-32(51)8-5-7-31(50)45-28(20-26-9-11-27(48)12-10-26)34(53)42-13-4-2-3-6-30(49)46-29(21-54)33(37)52/h9-12,28-29,38-41,43-44,48,54H,2-8,13-25H2,1H3,(H2,37,52)(H,42,53)(H,45,50)(H,46,49)(H,47,51)/t28?,29?,35-,36-. The van der Waals surface area contributed by atoms with Gasteiger partial charge in [0.2, 0.25) is 29.5 Å². The fourth-order valence-corrected chi connectivity index (χ4v) is 6.61. The highest BCUT2D eigenvalue weighted by atomic mass is 32.1. The minimum Gasteiger partial charge on any atom is -0.508 e. The van der Waals surface area contributed by atoms with E-state index in [0.717, 1.165) is 44.8 Å². The van der Waals surface area contributed by atoms with Crippen molar-refractivity contribution in [2.75, 3.05) is 77.7 Å². The van der Waals surface area contributed by atoms with Gasteiger partial charge in [0.05, 0.1) is 0 Å². The van der Waals surface area contributed by atoms with E-state index < -0.39 is 23.7 Å². The predicted molar refractivity (Wildman–Crippen MR) is 211 cm³/mol. The number of aromatic hydroxyl groups is 1. The van der Waals surface area contributed by atoms with Crippen molar-refractivity contribution >= 4 is 42.2 Å². The second-order valence-electron chi connectivity index (χ2n) is 14.4. The first-order valence-corrected chi connectivity index (χ1v) is 19.7. The molecule has 0 aliphatic carbocycles. The molecule has 0 spiro atoms. The summed E-state index contributed by atoms with van der Waals surface area (Å²) in [6.45, 7) is 9.60. The van der Waals surface area contributed by atoms with Gasteiger partial charge >= 0.3 is 0 Å². The van der Waals surface area contributed by atoms with E-state index in [1.807, 2.05) is 0 Å². The van der Waals surface area contributed by atoms with Gasteiger partial charge in [-0.3, -0.25) is 29.3 Å². The van der Waals surface area contributed by atoms with Gasteiger partial charge in [-0.25, -0.2) is 0 Å². The van der Waals surface area contributed by atoms with E-state index in [1.54, 1.807) is 12.1 Å². The lowest BCUT2D eigenvalue weighted by molar-refractivity contribution is -0.129. The summed E-state index contributed by atoms with van der Waals surface area (Å²) in [6, 6.07) is 4.74. The second-order valence-corrected chi connectivity index (χ2v) is 14.8. The summed E-state index contributed by atoms with van der Waals surface area (Å²) in [5.74, 6) is -1.62. The van der Waals surface area contributed by atoms with Crippen molar-refractivity contribution in [1.29, 1.82) is 0 Å². The summed E-state index contributed by atoms with van der Waals surface area (Å²) in [5, 5.41) is 42.4. The average Bonchev–Trinajstić information content (AvgIpc) is 3.13. The first-order valence-electron chi connectivity index (χ1n) is 19.1. The largest absolute Gasteiger partial charge is 0.508 e. The third kappa shape index (κ3) is 17.3. The molecule has 2 aliphatic heterocycles. The summed E-state index contributed by atoms with van der Waals surface area (Å²) in [7, 11) is 0. The van der Waals surface area contributed by atoms with E-state index >= 15 is 0 Å². The molecular formula is C36H63N11O6S. The molecule has 5 amide bonds. The van der Waals surface area contributed by atoms with Gasteiger partial charge in [-0.15, -0.1) is 0 Å². The van der Waals surface area contributed by atoms with Gasteiger partial charge in [0.15, 0.2) is 0 Å². The Hall–Kier alpha value is -3.52. The maximum Gasteiger partial charge on any atom is 0.242 e. The molecule has 1 aromatic rings. The fourth-order valence-electron chi connectivity index (χ4n) is 6.34. The van der Waals surface area contributed by atoms with Crippen LogP contribution < -0.4 is 58.9 Å². The number of hydrogen-bond donors (Lipinski definition) is 13. The highest BCUT2D eigenvalue weighted by molar-refractivity contribution is 7.80. The van der Waals surface area contributed by atoms with Crippen molar-refractivity contribution in [2.45, 2.75) is 81.6 Å². The molecule has 2 saturated heterocycles. The quantitative estimate of drug-likeness (QED) is 0.0538. The summed E-state index contributed by atoms with van der Waals surface area (Å²) >= 11 is 4.02. The molecule has 2 bridgehead atoms. The topological polar surface area (TPSA) is 252 Å². The molecular weight excluding hydrogens is 715 g/mol. The lowest BCUT2D eigenvalue weighted by Crippen LogP contribution is -2.70. The van der Waals surface area contributed by atoms with Gasteiger partial charge in [0, 0.05) is 109 Å². The number of carbonyl (C=O) groups is 5. The minimum absolute atomic E-state index is 0.0510. The highest BCUT2D eigenvalue weighted by Gasteiger charge is 2.32. The molecule has 17 nitrogen and oxygen atoms in total. The number of primary amides is 1. The molecule has 0 saturated carbocycles. The van der Waals surface area contributed by atoms with Crippen molar-refractivity contribution in [3.05, 3.63) is 29.8 Å². The SMILES string of the molecule is C[C@]12CNCCNC[C@](NC(=O)CCCC(=O)NC(Cc3ccc(O)cc3)C(=O)NCCCCCC(=O)NC(CS)C(N)=O)(CNCCNC1)NCCN2. The summed E-state index contributed by atoms with van der Waals surface area (Å²) in [4.78, 5) is 63.1. The van der Waals surface area contributed by atoms with Gasteiger partial charge in [0.1, 0.15) is 23.5 Å². The molecule has 304 valence electrons. The number of thiol groups is 1. The predicted octanol–water partition coefficient (Wildman–Crippen LogP) is -2.70. The Bertz CT molecular complexity index is 1320. The average molecular weight is 778 g/mol. The van der Waals surface area contributed by atoms with E-state index in [0.29, 0.717) is 52.0 Å². The summed E-state index contributed by atoms with van der Waals surface area (Å²) in [6.07, 6.45) is 2.69. The first kappa shape index (κ1) is 44.9. The number of rotatable bonds is 18. The molecule has 54 heavy (non-hydrogen) atoms. The van der Waals surface area contributed by atoms with E-state index in [4.69, 9.17) is 5.73 Å². The number of phenolic OH excluding ortho intramolecular Hbond substituents is 1. The molecule has 0 radical (unpaired) electrons. The van der Waals surface area contributed by atoms with Crippen molar-refractivity contribution < 1.29 is 29.1 Å². The molecule has 18 heteroatoms. The van der Waals surface area contributed by atoms with E-state index in [1.165, 1.54) is 12.1 Å². The normalized spacial score (nSPS) is 22.3. The van der Waals surface area contributed by atoms with Crippen LogP contribution in [0, 0.1) is 0 Å². The molecule has 2 atom stereocenters. The Morgan fingerprint density at radius 1 is 0.741 bits per heavy atom. The lowest BCUT2D eigenvalue weighted by Gasteiger charge is -2.39. The number of nitrogens with two attached hydrogens (primary N) is 1. The molecule has 1 aromatic carbocycles. The molecule has 3 rings (SSSR count). The highest BCUT2D eigenvalue weighted by Crippen LogP contribution is 2.12. The third-order valence-electron chi connectivity index (χ3n) is 9.44. The van der Waals surface area contributed by atoms with Gasteiger partial charge in [0.25, 0.3) is 0 Å². The molecule has 2 fully saturated rings. The van der Waals surface area contributed by atoms with Gasteiger partial charge in [-0.1, -0.05) is 18.6 Å². The van der Waals surface area contributed by atoms with Crippen LogP contribution in [0.2, 0.25) is 0 Å². The fraction of sp³-hybridized carbons (Fsp3) is 0.694. The lowest BCUT2D eigenvalue weighted by atomic mass is 10.0. The smallest absolute Gasteiger partial charge is 0.242 e. The molecule has 2 unspecified atom stereocenters. The number of unbranched alkanes of at least 4 members (excludes halogenated alkanes) is 2. The van der Waals surface area contributed by atoms with Crippen molar-refractivity contribution in [3.63, 3.8) is 0 Å². The Kier molecular flexibility index (Phi) is 20.0. The van der Waals surface area contributed by atoms with Crippen LogP contribution in [0.1, 0.15) is 57.4 Å². The Labute approximate surface area is 324 Å². The van der Waals surface area contributed by atoms with Gasteiger partial charge in [-0.2, -0.15) is 12.6 Å². The van der Waals surface area contributed by atoms with Gasteiger partial charge < -0.3 is 58.7 Å². The second kappa shape index (κ2) is 24.1. The zero-order valence-corrected chi connectivity index (χ0v) is 32.5. The number of fused-ring (bicyclic) bond motifs is 5. The summed E-state index contributed by atoms with van der Waals surface area (Å²) in [5.41, 5.74) is 5.13. The van der Waals surface area contributed by atoms with Crippen LogP contribution in [0.15, 0.2) is 24.3 Å². The number of benzene rings is 1. The Morgan fingerprint density at radius 2 is 1.30 bits per heavy atom.